The van der Waals surface area contributed by atoms with Gasteiger partial charge < -0.3 is 5.32 Å². The smallest absolute Gasteiger partial charge is 0.250 e. The summed E-state index contributed by atoms with van der Waals surface area (Å²) in [5.41, 5.74) is 6.05. The molecule has 2 aromatic heterocycles. The molecule has 0 saturated heterocycles. The number of aromatic amines is 1. The minimum Gasteiger partial charge on any atom is -0.305 e. The van der Waals surface area contributed by atoms with E-state index in [-0.39, 0.29) is 0 Å². The van der Waals surface area contributed by atoms with Gasteiger partial charge in [-0.25, -0.2) is 0 Å². The number of nitrogens with one attached hydrogen (secondary N) is 2. The van der Waals surface area contributed by atoms with Crippen molar-refractivity contribution < 1.29 is 4.40 Å². The molecule has 124 valence electrons. The Bertz CT molecular complexity index is 928. The van der Waals surface area contributed by atoms with E-state index in [9.17, 15) is 5.26 Å². The third-order valence-electron chi connectivity index (χ3n) is 4.68. The highest BCUT2D eigenvalue weighted by atomic mass is 15.1. The number of para-hydroxylation sites is 2. The minimum absolute atomic E-state index is 0.658. The summed E-state index contributed by atoms with van der Waals surface area (Å²) in [7, 11) is 0. The van der Waals surface area contributed by atoms with Gasteiger partial charge >= 0.3 is 0 Å². The van der Waals surface area contributed by atoms with Crippen LogP contribution in [0.3, 0.4) is 0 Å². The summed E-state index contributed by atoms with van der Waals surface area (Å²) in [6.45, 7) is 9.61. The van der Waals surface area contributed by atoms with Crippen molar-refractivity contribution in [3.05, 3.63) is 41.0 Å². The monoisotopic (exact) mass is 321 g/mol. The molecule has 0 saturated carbocycles. The van der Waals surface area contributed by atoms with E-state index in [1.54, 1.807) is 0 Å². The molecule has 2 heterocycles. The molecule has 0 radical (unpaired) electrons. The molecule has 0 aliphatic heterocycles. The Labute approximate surface area is 143 Å². The molecule has 3 aromatic rings. The first-order chi connectivity index (χ1) is 11.6. The largest absolute Gasteiger partial charge is 0.305 e. The van der Waals surface area contributed by atoms with Gasteiger partial charge in [0.25, 0.3) is 0 Å². The second-order valence-corrected chi connectivity index (χ2v) is 6.73. The fraction of sp³-hybridized carbons (Fsp3) is 0.400. The Morgan fingerprint density at radius 3 is 2.71 bits per heavy atom. The molecule has 0 bridgehead atoms. The van der Waals surface area contributed by atoms with Crippen molar-refractivity contribution in [1.29, 1.82) is 5.26 Å². The third kappa shape index (κ3) is 2.60. The molecular formula is C20H25N4+. The Morgan fingerprint density at radius 2 is 2.04 bits per heavy atom. The fourth-order valence-corrected chi connectivity index (χ4v) is 3.36. The van der Waals surface area contributed by atoms with E-state index in [1.165, 1.54) is 5.56 Å². The molecule has 4 heteroatoms. The van der Waals surface area contributed by atoms with Crippen LogP contribution in [-0.2, 0) is 6.42 Å². The van der Waals surface area contributed by atoms with E-state index in [4.69, 9.17) is 0 Å². The van der Waals surface area contributed by atoms with Gasteiger partial charge in [-0.05, 0) is 43.4 Å². The van der Waals surface area contributed by atoms with Gasteiger partial charge in [-0.15, -0.1) is 0 Å². The van der Waals surface area contributed by atoms with E-state index in [0.29, 0.717) is 5.92 Å². The predicted molar refractivity (Wildman–Crippen MR) is 98.2 cm³/mol. The second kappa shape index (κ2) is 6.52. The molecule has 0 spiro atoms. The zero-order chi connectivity index (χ0) is 17.3. The van der Waals surface area contributed by atoms with Gasteiger partial charge in [0.05, 0.1) is 6.54 Å². The molecule has 4 nitrogen and oxygen atoms in total. The van der Waals surface area contributed by atoms with Gasteiger partial charge in [-0.2, -0.15) is 9.66 Å². The third-order valence-corrected chi connectivity index (χ3v) is 4.68. The average molecular weight is 321 g/mol. The van der Waals surface area contributed by atoms with Crippen LogP contribution in [-0.4, -0.2) is 11.5 Å². The van der Waals surface area contributed by atoms with Crippen LogP contribution in [0.15, 0.2) is 24.3 Å². The number of rotatable bonds is 5. The number of nitriles is 1. The minimum atomic E-state index is 0.658. The van der Waals surface area contributed by atoms with Crippen LogP contribution in [0.2, 0.25) is 0 Å². The van der Waals surface area contributed by atoms with Crippen LogP contribution < -0.4 is 9.72 Å². The van der Waals surface area contributed by atoms with Gasteiger partial charge in [-0.1, -0.05) is 32.9 Å². The van der Waals surface area contributed by atoms with Crippen LogP contribution in [0.5, 0.6) is 0 Å². The highest BCUT2D eigenvalue weighted by Crippen LogP contribution is 2.25. The number of imidazole rings is 1. The van der Waals surface area contributed by atoms with Gasteiger partial charge in [0.15, 0.2) is 0 Å². The van der Waals surface area contributed by atoms with Crippen molar-refractivity contribution in [1.82, 2.24) is 4.98 Å². The number of fused-ring (bicyclic) bond motifs is 3. The lowest BCUT2D eigenvalue weighted by atomic mass is 10.0. The number of benzene rings is 1. The lowest BCUT2D eigenvalue weighted by molar-refractivity contribution is -0.465. The number of nitrogens with zero attached hydrogens (tertiary/aromatic N) is 2. The lowest BCUT2D eigenvalue weighted by Crippen LogP contribution is -2.30. The molecule has 24 heavy (non-hydrogen) atoms. The first-order valence-electron chi connectivity index (χ1n) is 8.70. The van der Waals surface area contributed by atoms with Gasteiger partial charge in [-0.3, -0.25) is 4.98 Å². The van der Waals surface area contributed by atoms with E-state index in [1.807, 2.05) is 12.1 Å². The SMILES string of the molecule is CCc1c(C)c(C#N)c2[nH]c3ccccc3[n+]2c1NCCC(C)C. The standard InChI is InChI=1S/C20H24N4/c1-5-15-14(4)16(12-21)20-23-17-8-6-7-9-18(17)24(20)19(15)22-11-10-13(2)3/h6-9,13H,5,10-11H2,1-4H3,(H,22,23)/p+1. The molecule has 0 amide bonds. The Morgan fingerprint density at radius 1 is 1.29 bits per heavy atom. The van der Waals surface area contributed by atoms with Gasteiger partial charge in [0.2, 0.25) is 11.5 Å². The lowest BCUT2D eigenvalue weighted by Gasteiger charge is -2.13. The van der Waals surface area contributed by atoms with E-state index < -0.39 is 0 Å². The number of hydrogen-bond donors (Lipinski definition) is 2. The summed E-state index contributed by atoms with van der Waals surface area (Å²) in [6.07, 6.45) is 2.01. The maximum absolute atomic E-state index is 9.70. The Kier molecular flexibility index (Phi) is 4.44. The summed E-state index contributed by atoms with van der Waals surface area (Å²) in [4.78, 5) is 3.43. The summed E-state index contributed by atoms with van der Waals surface area (Å²) >= 11 is 0. The quantitative estimate of drug-likeness (QED) is 0.695. The summed E-state index contributed by atoms with van der Waals surface area (Å²) in [6, 6.07) is 10.6. The maximum atomic E-state index is 9.70. The highest BCUT2D eigenvalue weighted by Gasteiger charge is 2.24. The molecule has 0 fully saturated rings. The molecule has 1 aromatic carbocycles. The number of pyridine rings is 1. The molecule has 0 aliphatic rings. The summed E-state index contributed by atoms with van der Waals surface area (Å²) < 4.78 is 2.18. The normalized spacial score (nSPS) is 11.3. The first-order valence-corrected chi connectivity index (χ1v) is 8.70. The van der Waals surface area contributed by atoms with E-state index >= 15 is 0 Å². The van der Waals surface area contributed by atoms with Crippen LogP contribution in [0.4, 0.5) is 5.82 Å². The molecule has 3 rings (SSSR count). The van der Waals surface area contributed by atoms with Crippen molar-refractivity contribution in [2.45, 2.75) is 40.5 Å². The zero-order valence-electron chi connectivity index (χ0n) is 14.9. The predicted octanol–water partition coefficient (Wildman–Crippen LogP) is 4.11. The van der Waals surface area contributed by atoms with E-state index in [2.05, 4.69) is 60.6 Å². The van der Waals surface area contributed by atoms with Crippen molar-refractivity contribution in [2.24, 2.45) is 5.92 Å². The van der Waals surface area contributed by atoms with Crippen LogP contribution in [0.1, 0.15) is 43.9 Å². The van der Waals surface area contributed by atoms with Crippen molar-refractivity contribution >= 4 is 22.5 Å². The topological polar surface area (TPSA) is 55.7 Å². The van der Waals surface area contributed by atoms with Gasteiger partial charge in [0.1, 0.15) is 22.7 Å². The van der Waals surface area contributed by atoms with Gasteiger partial charge in [0, 0.05) is 5.56 Å². The van der Waals surface area contributed by atoms with Crippen LogP contribution in [0, 0.1) is 24.2 Å². The molecule has 0 atom stereocenters. The fourth-order valence-electron chi connectivity index (χ4n) is 3.36. The van der Waals surface area contributed by atoms with Crippen molar-refractivity contribution in [3.8, 4) is 6.07 Å². The van der Waals surface area contributed by atoms with Crippen molar-refractivity contribution in [3.63, 3.8) is 0 Å². The summed E-state index contributed by atoms with van der Waals surface area (Å²) in [5, 5.41) is 13.3. The van der Waals surface area contributed by atoms with Crippen LogP contribution >= 0.6 is 0 Å². The van der Waals surface area contributed by atoms with E-state index in [0.717, 1.165) is 53.0 Å². The number of hydrogen-bond acceptors (Lipinski definition) is 2. The Hall–Kier alpha value is -2.54. The molecular weight excluding hydrogens is 296 g/mol. The molecule has 0 unspecified atom stereocenters. The van der Waals surface area contributed by atoms with Crippen molar-refractivity contribution in [2.75, 3.05) is 11.9 Å². The highest BCUT2D eigenvalue weighted by molar-refractivity contribution is 5.78. The average Bonchev–Trinajstić information content (AvgIpc) is 2.93. The van der Waals surface area contributed by atoms with Crippen LogP contribution in [0.25, 0.3) is 16.7 Å². The summed E-state index contributed by atoms with van der Waals surface area (Å²) in [5.74, 6) is 1.77. The zero-order valence-corrected chi connectivity index (χ0v) is 14.9. The maximum Gasteiger partial charge on any atom is 0.250 e. The number of anilines is 1. The number of aromatic nitrogens is 2. The molecule has 0 aliphatic carbocycles. The second-order valence-electron chi connectivity index (χ2n) is 6.73. The Balaban J connectivity index is 2.32. The number of H-pyrrole nitrogens is 1. The first kappa shape index (κ1) is 16.3. The molecule has 2 N–H and O–H groups in total.